The summed E-state index contributed by atoms with van der Waals surface area (Å²) in [5.74, 6) is 0.663. The molecule has 0 aliphatic carbocycles. The monoisotopic (exact) mass is 199 g/mol. The van der Waals surface area contributed by atoms with Crippen molar-refractivity contribution in [2.24, 2.45) is 0 Å². The van der Waals surface area contributed by atoms with Crippen LogP contribution in [0.5, 0.6) is 0 Å². The maximum absolute atomic E-state index is 5.28. The van der Waals surface area contributed by atoms with Crippen molar-refractivity contribution in [3.05, 3.63) is 53.7 Å². The standard InChI is InChI=1S/C13H13NO/c1-2-12-10-15-13(14-12)9-8-11-6-4-3-5-7-11/h3-10H,2H2,1H3/b9-8-. The van der Waals surface area contributed by atoms with E-state index in [0.29, 0.717) is 5.89 Å². The first-order chi connectivity index (χ1) is 7.38. The molecule has 2 heteroatoms. The van der Waals surface area contributed by atoms with Crippen LogP contribution in [0.25, 0.3) is 12.2 Å². The Balaban J connectivity index is 2.11. The fourth-order valence-corrected chi connectivity index (χ4v) is 1.29. The van der Waals surface area contributed by atoms with E-state index < -0.39 is 0 Å². The van der Waals surface area contributed by atoms with Crippen LogP contribution in [0.4, 0.5) is 0 Å². The lowest BCUT2D eigenvalue weighted by atomic mass is 10.2. The minimum Gasteiger partial charge on any atom is -0.445 e. The Morgan fingerprint density at radius 3 is 2.67 bits per heavy atom. The fraction of sp³-hybridized carbons (Fsp3) is 0.154. The Bertz CT molecular complexity index is 443. The van der Waals surface area contributed by atoms with Crippen LogP contribution in [0.1, 0.15) is 24.1 Å². The first kappa shape index (κ1) is 9.71. The van der Waals surface area contributed by atoms with Gasteiger partial charge in [-0.1, -0.05) is 37.3 Å². The van der Waals surface area contributed by atoms with Gasteiger partial charge in [-0.25, -0.2) is 4.98 Å². The molecule has 1 aromatic carbocycles. The molecule has 2 aromatic rings. The molecule has 2 rings (SSSR count). The van der Waals surface area contributed by atoms with Gasteiger partial charge in [0.25, 0.3) is 0 Å². The van der Waals surface area contributed by atoms with Gasteiger partial charge in [-0.15, -0.1) is 0 Å². The maximum atomic E-state index is 5.28. The summed E-state index contributed by atoms with van der Waals surface area (Å²) < 4.78 is 5.28. The fourth-order valence-electron chi connectivity index (χ4n) is 1.29. The largest absolute Gasteiger partial charge is 0.445 e. The van der Waals surface area contributed by atoms with Crippen LogP contribution in [0.3, 0.4) is 0 Å². The zero-order valence-corrected chi connectivity index (χ0v) is 8.68. The third kappa shape index (κ3) is 2.56. The van der Waals surface area contributed by atoms with Gasteiger partial charge in [-0.05, 0) is 18.1 Å². The normalized spacial score (nSPS) is 11.0. The lowest BCUT2D eigenvalue weighted by Gasteiger charge is -1.89. The molecule has 0 unspecified atom stereocenters. The first-order valence-corrected chi connectivity index (χ1v) is 5.06. The molecule has 0 spiro atoms. The van der Waals surface area contributed by atoms with Gasteiger partial charge in [-0.3, -0.25) is 0 Å². The van der Waals surface area contributed by atoms with Gasteiger partial charge in [0, 0.05) is 6.08 Å². The van der Waals surface area contributed by atoms with Crippen LogP contribution in [-0.4, -0.2) is 4.98 Å². The molecule has 0 fully saturated rings. The minimum absolute atomic E-state index is 0.663. The Hall–Kier alpha value is -1.83. The molecule has 0 amide bonds. The molecule has 0 N–H and O–H groups in total. The molecular formula is C13H13NO. The van der Waals surface area contributed by atoms with E-state index in [0.717, 1.165) is 17.7 Å². The van der Waals surface area contributed by atoms with E-state index in [2.05, 4.69) is 11.9 Å². The Kier molecular flexibility index (Phi) is 2.98. The van der Waals surface area contributed by atoms with Gasteiger partial charge in [0.05, 0.1) is 5.69 Å². The molecule has 0 bridgehead atoms. The van der Waals surface area contributed by atoms with Crippen LogP contribution in [0, 0.1) is 0 Å². The van der Waals surface area contributed by atoms with Gasteiger partial charge in [0.2, 0.25) is 5.89 Å². The second kappa shape index (κ2) is 4.60. The number of aromatic nitrogens is 1. The Morgan fingerprint density at radius 2 is 2.00 bits per heavy atom. The van der Waals surface area contributed by atoms with Crippen molar-refractivity contribution in [1.29, 1.82) is 0 Å². The van der Waals surface area contributed by atoms with E-state index in [9.17, 15) is 0 Å². The van der Waals surface area contributed by atoms with Crippen LogP contribution in [0.15, 0.2) is 41.0 Å². The summed E-state index contributed by atoms with van der Waals surface area (Å²) in [4.78, 5) is 4.29. The number of hydrogen-bond acceptors (Lipinski definition) is 2. The molecule has 1 aromatic heterocycles. The summed E-state index contributed by atoms with van der Waals surface area (Å²) in [6, 6.07) is 10.1. The third-order valence-corrected chi connectivity index (χ3v) is 2.15. The second-order valence-corrected chi connectivity index (χ2v) is 3.27. The summed E-state index contributed by atoms with van der Waals surface area (Å²) in [5, 5.41) is 0. The molecule has 0 aliphatic heterocycles. The molecule has 15 heavy (non-hydrogen) atoms. The van der Waals surface area contributed by atoms with Crippen LogP contribution >= 0.6 is 0 Å². The Morgan fingerprint density at radius 1 is 1.20 bits per heavy atom. The molecule has 0 radical (unpaired) electrons. The molecule has 1 heterocycles. The van der Waals surface area contributed by atoms with E-state index >= 15 is 0 Å². The summed E-state index contributed by atoms with van der Waals surface area (Å²) in [6.07, 6.45) is 6.48. The predicted molar refractivity (Wildman–Crippen MR) is 61.3 cm³/mol. The SMILES string of the molecule is CCc1coc(/C=C\c2ccccc2)n1. The smallest absolute Gasteiger partial charge is 0.218 e. The number of benzene rings is 1. The highest BCUT2D eigenvalue weighted by molar-refractivity contribution is 5.65. The van der Waals surface area contributed by atoms with E-state index in [4.69, 9.17) is 4.42 Å². The number of nitrogens with zero attached hydrogens (tertiary/aromatic N) is 1. The van der Waals surface area contributed by atoms with Gasteiger partial charge >= 0.3 is 0 Å². The van der Waals surface area contributed by atoms with Crippen LogP contribution in [0.2, 0.25) is 0 Å². The van der Waals surface area contributed by atoms with Crippen molar-refractivity contribution in [2.75, 3.05) is 0 Å². The number of aryl methyl sites for hydroxylation is 1. The van der Waals surface area contributed by atoms with Gasteiger partial charge in [0.15, 0.2) is 0 Å². The van der Waals surface area contributed by atoms with E-state index in [1.165, 1.54) is 0 Å². The van der Waals surface area contributed by atoms with Crippen LogP contribution < -0.4 is 0 Å². The van der Waals surface area contributed by atoms with E-state index in [-0.39, 0.29) is 0 Å². The van der Waals surface area contributed by atoms with Gasteiger partial charge < -0.3 is 4.42 Å². The van der Waals surface area contributed by atoms with E-state index in [1.807, 2.05) is 42.5 Å². The maximum Gasteiger partial charge on any atom is 0.218 e. The molecule has 0 saturated carbocycles. The molecule has 0 saturated heterocycles. The highest BCUT2D eigenvalue weighted by atomic mass is 16.3. The lowest BCUT2D eigenvalue weighted by Crippen LogP contribution is -1.78. The molecule has 2 nitrogen and oxygen atoms in total. The third-order valence-electron chi connectivity index (χ3n) is 2.15. The topological polar surface area (TPSA) is 26.0 Å². The predicted octanol–water partition coefficient (Wildman–Crippen LogP) is 3.41. The first-order valence-electron chi connectivity index (χ1n) is 5.06. The summed E-state index contributed by atoms with van der Waals surface area (Å²) in [7, 11) is 0. The molecular weight excluding hydrogens is 186 g/mol. The number of hydrogen-bond donors (Lipinski definition) is 0. The molecule has 76 valence electrons. The van der Waals surface area contributed by atoms with Crippen molar-refractivity contribution in [1.82, 2.24) is 4.98 Å². The van der Waals surface area contributed by atoms with Crippen molar-refractivity contribution in [2.45, 2.75) is 13.3 Å². The average Bonchev–Trinajstić information content (AvgIpc) is 2.76. The van der Waals surface area contributed by atoms with Gasteiger partial charge in [0.1, 0.15) is 6.26 Å². The Labute approximate surface area is 89.3 Å². The van der Waals surface area contributed by atoms with Gasteiger partial charge in [-0.2, -0.15) is 0 Å². The highest BCUT2D eigenvalue weighted by Gasteiger charge is 1.96. The zero-order valence-electron chi connectivity index (χ0n) is 8.68. The average molecular weight is 199 g/mol. The number of oxazole rings is 1. The summed E-state index contributed by atoms with van der Waals surface area (Å²) >= 11 is 0. The van der Waals surface area contributed by atoms with Crippen molar-refractivity contribution >= 4 is 12.2 Å². The lowest BCUT2D eigenvalue weighted by molar-refractivity contribution is 0.545. The van der Waals surface area contributed by atoms with Crippen molar-refractivity contribution in [3.8, 4) is 0 Å². The zero-order chi connectivity index (χ0) is 10.5. The van der Waals surface area contributed by atoms with Crippen LogP contribution in [-0.2, 0) is 6.42 Å². The molecule has 0 aliphatic rings. The summed E-state index contributed by atoms with van der Waals surface area (Å²) in [6.45, 7) is 2.06. The van der Waals surface area contributed by atoms with E-state index in [1.54, 1.807) is 6.26 Å². The highest BCUT2D eigenvalue weighted by Crippen LogP contribution is 2.08. The van der Waals surface area contributed by atoms with Crippen molar-refractivity contribution in [3.63, 3.8) is 0 Å². The van der Waals surface area contributed by atoms with Crippen molar-refractivity contribution < 1.29 is 4.42 Å². The summed E-state index contributed by atoms with van der Waals surface area (Å²) in [5.41, 5.74) is 2.14. The molecule has 0 atom stereocenters. The quantitative estimate of drug-likeness (QED) is 0.757. The second-order valence-electron chi connectivity index (χ2n) is 3.27. The minimum atomic E-state index is 0.663. The number of rotatable bonds is 3.